The molecule has 0 radical (unpaired) electrons. The second kappa shape index (κ2) is 6.08. The minimum Gasteiger partial charge on any atom is -0.396 e. The van der Waals surface area contributed by atoms with Crippen LogP contribution in [0.15, 0.2) is 0 Å². The normalized spacial score (nSPS) is 40.9. The maximum atomic E-state index is 9.27. The molecule has 4 nitrogen and oxygen atoms in total. The fraction of sp³-hybridized carbons (Fsp3) is 1.00. The van der Waals surface area contributed by atoms with E-state index in [0.29, 0.717) is 18.7 Å². The predicted octanol–water partition coefficient (Wildman–Crippen LogP) is 1.56. The number of likely N-dealkylation sites (tertiary alicyclic amines) is 1. The number of rotatable bonds is 3. The zero-order chi connectivity index (χ0) is 13.1. The summed E-state index contributed by atoms with van der Waals surface area (Å²) >= 11 is 0. The molecule has 3 aliphatic heterocycles. The van der Waals surface area contributed by atoms with Crippen LogP contribution in [-0.2, 0) is 9.47 Å². The Kier molecular flexibility index (Phi) is 4.42. The maximum absolute atomic E-state index is 9.27. The average molecular weight is 269 g/mol. The van der Waals surface area contributed by atoms with Crippen molar-refractivity contribution in [1.82, 2.24) is 4.90 Å². The molecule has 3 atom stereocenters. The van der Waals surface area contributed by atoms with Crippen LogP contribution in [0.2, 0.25) is 0 Å². The number of aliphatic hydroxyl groups excluding tert-OH is 1. The van der Waals surface area contributed by atoms with Gasteiger partial charge in [0.1, 0.15) is 0 Å². The number of hydrogen-bond acceptors (Lipinski definition) is 4. The summed E-state index contributed by atoms with van der Waals surface area (Å²) in [6.45, 7) is 4.02. The summed E-state index contributed by atoms with van der Waals surface area (Å²) in [5, 5.41) is 9.27. The molecule has 0 bridgehead atoms. The highest BCUT2D eigenvalue weighted by atomic mass is 16.6. The molecule has 3 unspecified atom stereocenters. The van der Waals surface area contributed by atoms with Crippen molar-refractivity contribution >= 4 is 0 Å². The van der Waals surface area contributed by atoms with Gasteiger partial charge in [0, 0.05) is 38.3 Å². The summed E-state index contributed by atoms with van der Waals surface area (Å²) in [6.07, 6.45) is 8.13. The topological polar surface area (TPSA) is 41.9 Å². The molecule has 0 aliphatic carbocycles. The van der Waals surface area contributed by atoms with E-state index >= 15 is 0 Å². The Morgan fingerprint density at radius 2 is 2.16 bits per heavy atom. The lowest BCUT2D eigenvalue weighted by atomic mass is 9.86. The SMILES string of the molecule is OCCC1CCCCN1C1CCOC2(CCOC2)C1. The van der Waals surface area contributed by atoms with Gasteiger partial charge in [0.25, 0.3) is 0 Å². The summed E-state index contributed by atoms with van der Waals surface area (Å²) < 4.78 is 11.6. The van der Waals surface area contributed by atoms with Crippen LogP contribution < -0.4 is 0 Å². The van der Waals surface area contributed by atoms with E-state index < -0.39 is 0 Å². The Morgan fingerprint density at radius 1 is 1.21 bits per heavy atom. The molecule has 0 aromatic heterocycles. The Labute approximate surface area is 116 Å². The number of aliphatic hydroxyl groups is 1. The molecular weight excluding hydrogens is 242 g/mol. The molecular formula is C15H27NO3. The van der Waals surface area contributed by atoms with E-state index in [1.807, 2.05) is 0 Å². The quantitative estimate of drug-likeness (QED) is 0.844. The molecule has 3 heterocycles. The highest BCUT2D eigenvalue weighted by molar-refractivity contribution is 4.95. The smallest absolute Gasteiger partial charge is 0.0951 e. The van der Waals surface area contributed by atoms with Crippen LogP contribution in [0.5, 0.6) is 0 Å². The van der Waals surface area contributed by atoms with E-state index in [4.69, 9.17) is 9.47 Å². The highest BCUT2D eigenvalue weighted by Gasteiger charge is 2.43. The molecule has 3 aliphatic rings. The molecule has 0 aromatic rings. The summed E-state index contributed by atoms with van der Waals surface area (Å²) in [7, 11) is 0. The lowest BCUT2D eigenvalue weighted by Crippen LogP contribution is -2.53. The molecule has 4 heteroatoms. The summed E-state index contributed by atoms with van der Waals surface area (Å²) in [5.41, 5.74) is 0.00410. The fourth-order valence-electron chi connectivity index (χ4n) is 4.11. The fourth-order valence-corrected chi connectivity index (χ4v) is 4.11. The van der Waals surface area contributed by atoms with Crippen LogP contribution in [0.25, 0.3) is 0 Å². The van der Waals surface area contributed by atoms with E-state index in [2.05, 4.69) is 4.90 Å². The van der Waals surface area contributed by atoms with Gasteiger partial charge in [0.2, 0.25) is 0 Å². The standard InChI is InChI=1S/C15H27NO3/c17-8-4-13-3-1-2-7-16(13)14-5-9-19-15(11-14)6-10-18-12-15/h13-14,17H,1-12H2. The largest absolute Gasteiger partial charge is 0.396 e. The van der Waals surface area contributed by atoms with Crippen LogP contribution in [0.1, 0.15) is 44.9 Å². The Morgan fingerprint density at radius 3 is 2.95 bits per heavy atom. The van der Waals surface area contributed by atoms with Crippen LogP contribution in [0, 0.1) is 0 Å². The maximum Gasteiger partial charge on any atom is 0.0951 e. The van der Waals surface area contributed by atoms with Crippen molar-refractivity contribution in [2.24, 2.45) is 0 Å². The summed E-state index contributed by atoms with van der Waals surface area (Å²) in [4.78, 5) is 2.67. The van der Waals surface area contributed by atoms with E-state index in [0.717, 1.165) is 45.5 Å². The number of nitrogens with zero attached hydrogens (tertiary/aromatic N) is 1. The Hall–Kier alpha value is -0.160. The molecule has 3 rings (SSSR count). The van der Waals surface area contributed by atoms with Gasteiger partial charge >= 0.3 is 0 Å². The van der Waals surface area contributed by atoms with Crippen molar-refractivity contribution in [3.05, 3.63) is 0 Å². The van der Waals surface area contributed by atoms with E-state index in [1.54, 1.807) is 0 Å². The molecule has 3 fully saturated rings. The van der Waals surface area contributed by atoms with Crippen molar-refractivity contribution in [3.8, 4) is 0 Å². The zero-order valence-electron chi connectivity index (χ0n) is 11.9. The highest BCUT2D eigenvalue weighted by Crippen LogP contribution is 2.37. The second-order valence-electron chi connectivity index (χ2n) is 6.38. The molecule has 19 heavy (non-hydrogen) atoms. The molecule has 0 amide bonds. The van der Waals surface area contributed by atoms with Crippen LogP contribution in [-0.4, -0.2) is 60.7 Å². The van der Waals surface area contributed by atoms with Crippen LogP contribution in [0.3, 0.4) is 0 Å². The zero-order valence-corrected chi connectivity index (χ0v) is 11.9. The Balaban J connectivity index is 1.65. The van der Waals surface area contributed by atoms with Crippen LogP contribution >= 0.6 is 0 Å². The van der Waals surface area contributed by atoms with Gasteiger partial charge in [-0.25, -0.2) is 0 Å². The van der Waals surface area contributed by atoms with Gasteiger partial charge in [-0.2, -0.15) is 0 Å². The van der Waals surface area contributed by atoms with Crippen molar-refractivity contribution in [3.63, 3.8) is 0 Å². The van der Waals surface area contributed by atoms with Crippen molar-refractivity contribution < 1.29 is 14.6 Å². The predicted molar refractivity (Wildman–Crippen MR) is 73.2 cm³/mol. The van der Waals surface area contributed by atoms with Gasteiger partial charge < -0.3 is 14.6 Å². The first kappa shape index (κ1) is 13.8. The van der Waals surface area contributed by atoms with E-state index in [-0.39, 0.29) is 5.60 Å². The third kappa shape index (κ3) is 2.97. The lowest BCUT2D eigenvalue weighted by Gasteiger charge is -2.47. The Bertz CT molecular complexity index is 289. The van der Waals surface area contributed by atoms with E-state index in [9.17, 15) is 5.11 Å². The van der Waals surface area contributed by atoms with Crippen molar-refractivity contribution in [2.45, 2.75) is 62.6 Å². The lowest BCUT2D eigenvalue weighted by molar-refractivity contribution is -0.114. The first-order valence-corrected chi connectivity index (χ1v) is 7.91. The van der Waals surface area contributed by atoms with Crippen LogP contribution in [0.4, 0.5) is 0 Å². The summed E-state index contributed by atoms with van der Waals surface area (Å²) in [6, 6.07) is 1.22. The monoisotopic (exact) mass is 269 g/mol. The molecule has 3 saturated heterocycles. The van der Waals surface area contributed by atoms with E-state index in [1.165, 1.54) is 25.8 Å². The first-order chi connectivity index (χ1) is 9.33. The van der Waals surface area contributed by atoms with Gasteiger partial charge in [-0.15, -0.1) is 0 Å². The molecule has 1 spiro atoms. The van der Waals surface area contributed by atoms with Gasteiger partial charge in [-0.1, -0.05) is 6.42 Å². The molecule has 110 valence electrons. The van der Waals surface area contributed by atoms with Gasteiger partial charge in [0.05, 0.1) is 12.2 Å². The van der Waals surface area contributed by atoms with Crippen molar-refractivity contribution in [2.75, 3.05) is 33.0 Å². The minimum absolute atomic E-state index is 0.00410. The number of hydrogen-bond donors (Lipinski definition) is 1. The third-order valence-corrected chi connectivity index (χ3v) is 5.14. The number of ether oxygens (including phenoxy) is 2. The van der Waals surface area contributed by atoms with Crippen molar-refractivity contribution in [1.29, 1.82) is 0 Å². The molecule has 0 aromatic carbocycles. The van der Waals surface area contributed by atoms with Gasteiger partial charge in [-0.05, 0) is 38.6 Å². The summed E-state index contributed by atoms with van der Waals surface area (Å²) in [5.74, 6) is 0. The van der Waals surface area contributed by atoms with Gasteiger partial charge in [-0.3, -0.25) is 4.90 Å². The minimum atomic E-state index is 0.00410. The number of piperidine rings is 1. The van der Waals surface area contributed by atoms with Gasteiger partial charge in [0.15, 0.2) is 0 Å². The molecule has 1 N–H and O–H groups in total. The molecule has 0 saturated carbocycles. The average Bonchev–Trinajstić information content (AvgIpc) is 2.88. The first-order valence-electron chi connectivity index (χ1n) is 7.91. The second-order valence-corrected chi connectivity index (χ2v) is 6.38. The third-order valence-electron chi connectivity index (χ3n) is 5.14.